The molecule has 0 fully saturated rings. The highest BCUT2D eigenvalue weighted by Crippen LogP contribution is 2.29. The number of rotatable bonds is 35. The van der Waals surface area contributed by atoms with E-state index in [2.05, 4.69) is 11.7 Å². The summed E-state index contributed by atoms with van der Waals surface area (Å²) in [6.45, 7) is 8.24. The lowest BCUT2D eigenvalue weighted by Gasteiger charge is -2.09. The number of ether oxygens (including phenoxy) is 11. The zero-order chi connectivity index (χ0) is 37.4. The number of carbonyl (C=O) groups is 2. The first kappa shape index (κ1) is 46.5. The molecule has 13 nitrogen and oxygen atoms in total. The minimum atomic E-state index is -2.35. The summed E-state index contributed by atoms with van der Waals surface area (Å²) in [6, 6.07) is 0. The van der Waals surface area contributed by atoms with Crippen molar-refractivity contribution in [2.24, 2.45) is 0 Å². The number of carbonyl (C=O) groups excluding carboxylic acids is 2. The summed E-state index contributed by atoms with van der Waals surface area (Å²) in [6.07, 6.45) is 2.91. The molecule has 0 atom stereocenters. The lowest BCUT2D eigenvalue weighted by atomic mass is 10.2. The highest BCUT2D eigenvalue weighted by molar-refractivity contribution is 5.72. The van der Waals surface area contributed by atoms with E-state index in [9.17, 15) is 31.5 Å². The molecular weight excluding hydrogens is 699 g/mol. The molecule has 0 bridgehead atoms. The molecule has 296 valence electrons. The monoisotopic (exact) mass is 750 g/mol. The van der Waals surface area contributed by atoms with Crippen molar-refractivity contribution in [2.75, 3.05) is 126 Å². The maximum Gasteiger partial charge on any atom is 0.313 e. The van der Waals surface area contributed by atoms with Crippen molar-refractivity contribution in [3.8, 4) is 5.75 Å². The highest BCUT2D eigenvalue weighted by atomic mass is 19.2. The standard InChI is InChI=1S/C33H51F5O13/c1-2-3-4-5-26(39)50-25-24-49-23-22-48-21-20-47-19-18-46-17-16-45-15-14-44-13-12-43-11-10-42-9-8-41-7-6-27(40)51-33-31(37)29(35)28(34)30(36)32(33)38/h2-25H2,1H3. The fourth-order valence-corrected chi connectivity index (χ4v) is 3.66. The van der Waals surface area contributed by atoms with Crippen LogP contribution in [-0.4, -0.2) is 137 Å². The average molecular weight is 751 g/mol. The second-order valence-electron chi connectivity index (χ2n) is 10.3. The Morgan fingerprint density at radius 3 is 1.06 bits per heavy atom. The van der Waals surface area contributed by atoms with E-state index in [1.807, 2.05) is 0 Å². The predicted molar refractivity (Wildman–Crippen MR) is 169 cm³/mol. The molecule has 0 amide bonds. The zero-order valence-electron chi connectivity index (χ0n) is 29.2. The molecule has 18 heteroatoms. The molecule has 0 unspecified atom stereocenters. The Hall–Kier alpha value is -2.55. The second kappa shape index (κ2) is 32.1. The van der Waals surface area contributed by atoms with Crippen LogP contribution in [0.25, 0.3) is 0 Å². The third-order valence-corrected chi connectivity index (χ3v) is 6.29. The van der Waals surface area contributed by atoms with Gasteiger partial charge >= 0.3 is 11.9 Å². The van der Waals surface area contributed by atoms with Gasteiger partial charge in [-0.05, 0) is 6.42 Å². The fraction of sp³-hybridized carbons (Fsp3) is 0.758. The molecule has 0 saturated carbocycles. The average Bonchev–Trinajstić information content (AvgIpc) is 3.12. The largest absolute Gasteiger partial charge is 0.463 e. The van der Waals surface area contributed by atoms with Crippen LogP contribution < -0.4 is 4.74 Å². The Morgan fingerprint density at radius 1 is 0.392 bits per heavy atom. The zero-order valence-corrected chi connectivity index (χ0v) is 29.2. The first-order valence-corrected chi connectivity index (χ1v) is 16.9. The van der Waals surface area contributed by atoms with E-state index in [0.717, 1.165) is 19.3 Å². The van der Waals surface area contributed by atoms with Gasteiger partial charge in [0.15, 0.2) is 0 Å². The Balaban J connectivity index is 1.75. The molecule has 1 aromatic rings. The van der Waals surface area contributed by atoms with Crippen LogP contribution in [0.3, 0.4) is 0 Å². The topological polar surface area (TPSA) is 136 Å². The molecule has 0 aromatic heterocycles. The summed E-state index contributed by atoms with van der Waals surface area (Å²) >= 11 is 0. The number of halogens is 5. The van der Waals surface area contributed by atoms with Crippen molar-refractivity contribution in [2.45, 2.75) is 39.0 Å². The van der Waals surface area contributed by atoms with Gasteiger partial charge in [-0.1, -0.05) is 19.8 Å². The Kier molecular flexibility index (Phi) is 29.3. The van der Waals surface area contributed by atoms with Gasteiger partial charge in [0.25, 0.3) is 0 Å². The van der Waals surface area contributed by atoms with Crippen molar-refractivity contribution >= 4 is 11.9 Å². The number of esters is 2. The van der Waals surface area contributed by atoms with Gasteiger partial charge in [0.1, 0.15) is 6.61 Å². The van der Waals surface area contributed by atoms with E-state index in [0.29, 0.717) is 98.9 Å². The van der Waals surface area contributed by atoms with Gasteiger partial charge < -0.3 is 52.1 Å². The molecular formula is C33H51F5O13. The van der Waals surface area contributed by atoms with Gasteiger partial charge in [0.2, 0.25) is 34.8 Å². The molecule has 0 aliphatic rings. The maximum atomic E-state index is 13.5. The molecule has 0 heterocycles. The number of hydrogen-bond donors (Lipinski definition) is 0. The van der Waals surface area contributed by atoms with E-state index in [4.69, 9.17) is 47.4 Å². The van der Waals surface area contributed by atoms with Crippen LogP contribution in [0.15, 0.2) is 0 Å². The van der Waals surface area contributed by atoms with Crippen LogP contribution in [0.4, 0.5) is 22.0 Å². The van der Waals surface area contributed by atoms with Crippen LogP contribution in [0.5, 0.6) is 5.75 Å². The van der Waals surface area contributed by atoms with E-state index in [1.165, 1.54) is 0 Å². The molecule has 0 spiro atoms. The smallest absolute Gasteiger partial charge is 0.313 e. The van der Waals surface area contributed by atoms with Gasteiger partial charge in [0.05, 0.1) is 125 Å². The Morgan fingerprint density at radius 2 is 0.706 bits per heavy atom. The number of unbranched alkanes of at least 4 members (excludes halogenated alkanes) is 2. The van der Waals surface area contributed by atoms with Crippen LogP contribution in [0.2, 0.25) is 0 Å². The minimum absolute atomic E-state index is 0.0770. The SMILES string of the molecule is CCCCCC(=O)OCCOCCOCCOCCOCCOCCOCCOCCOCCOCCC(=O)Oc1c(F)c(F)c(F)c(F)c1F. The third kappa shape index (κ3) is 24.3. The molecule has 0 radical (unpaired) electrons. The summed E-state index contributed by atoms with van der Waals surface area (Å²) in [5, 5.41) is 0. The lowest BCUT2D eigenvalue weighted by Crippen LogP contribution is -2.16. The quantitative estimate of drug-likeness (QED) is 0.0248. The molecule has 51 heavy (non-hydrogen) atoms. The van der Waals surface area contributed by atoms with Gasteiger partial charge in [-0.15, -0.1) is 0 Å². The van der Waals surface area contributed by atoms with E-state index >= 15 is 0 Å². The fourth-order valence-electron chi connectivity index (χ4n) is 3.66. The van der Waals surface area contributed by atoms with E-state index in [1.54, 1.807) is 0 Å². The van der Waals surface area contributed by atoms with Crippen LogP contribution in [0.1, 0.15) is 39.0 Å². The molecule has 0 aliphatic heterocycles. The predicted octanol–water partition coefficient (Wildman–Crippen LogP) is 3.95. The molecule has 1 aromatic carbocycles. The van der Waals surface area contributed by atoms with Gasteiger partial charge in [-0.25, -0.2) is 13.2 Å². The van der Waals surface area contributed by atoms with Crippen molar-refractivity contribution in [1.29, 1.82) is 0 Å². The summed E-state index contributed by atoms with van der Waals surface area (Å²) < 4.78 is 124. The number of hydrogen-bond acceptors (Lipinski definition) is 13. The highest BCUT2D eigenvalue weighted by Gasteiger charge is 2.28. The first-order valence-electron chi connectivity index (χ1n) is 16.9. The molecule has 0 aliphatic carbocycles. The molecule has 0 N–H and O–H groups in total. The summed E-state index contributed by atoms with van der Waals surface area (Å²) in [5.41, 5.74) is 0. The van der Waals surface area contributed by atoms with Crippen LogP contribution in [-0.2, 0) is 57.0 Å². The number of benzene rings is 1. The van der Waals surface area contributed by atoms with Crippen molar-refractivity contribution < 1.29 is 83.6 Å². The first-order chi connectivity index (χ1) is 24.8. The van der Waals surface area contributed by atoms with Gasteiger partial charge in [0, 0.05) is 6.42 Å². The third-order valence-electron chi connectivity index (χ3n) is 6.29. The summed E-state index contributed by atoms with van der Waals surface area (Å²) in [4.78, 5) is 23.1. The van der Waals surface area contributed by atoms with Crippen molar-refractivity contribution in [3.05, 3.63) is 29.1 Å². The van der Waals surface area contributed by atoms with E-state index < -0.39 is 47.2 Å². The maximum absolute atomic E-state index is 13.5. The lowest BCUT2D eigenvalue weighted by molar-refractivity contribution is -0.145. The Bertz CT molecular complexity index is 1030. The van der Waals surface area contributed by atoms with Crippen LogP contribution >= 0.6 is 0 Å². The van der Waals surface area contributed by atoms with Gasteiger partial charge in [-0.2, -0.15) is 8.78 Å². The summed E-state index contributed by atoms with van der Waals surface area (Å²) in [5.74, 6) is -14.3. The molecule has 1 rings (SSSR count). The second-order valence-corrected chi connectivity index (χ2v) is 10.3. The normalized spacial score (nSPS) is 11.3. The molecule has 0 saturated heterocycles. The van der Waals surface area contributed by atoms with Crippen LogP contribution in [0, 0.1) is 29.1 Å². The minimum Gasteiger partial charge on any atom is -0.463 e. The van der Waals surface area contributed by atoms with E-state index in [-0.39, 0.29) is 39.0 Å². The van der Waals surface area contributed by atoms with Gasteiger partial charge in [-0.3, -0.25) is 9.59 Å². The van der Waals surface area contributed by atoms with Crippen molar-refractivity contribution in [3.63, 3.8) is 0 Å². The Labute approximate surface area is 295 Å². The van der Waals surface area contributed by atoms with Crippen molar-refractivity contribution in [1.82, 2.24) is 0 Å². The summed E-state index contributed by atoms with van der Waals surface area (Å²) in [7, 11) is 0.